The first-order valence-corrected chi connectivity index (χ1v) is 9.20. The van der Waals surface area contributed by atoms with Gasteiger partial charge in [0.2, 0.25) is 0 Å². The summed E-state index contributed by atoms with van der Waals surface area (Å²) >= 11 is 0. The summed E-state index contributed by atoms with van der Waals surface area (Å²) in [5.74, 6) is 2.60. The lowest BCUT2D eigenvalue weighted by molar-refractivity contribution is 0.102. The number of carbonyl (C=O) groups is 1. The van der Waals surface area contributed by atoms with Crippen LogP contribution in [0.15, 0.2) is 54.6 Å². The molecule has 2 aromatic carbocycles. The number of hydrogen-bond donors (Lipinski definition) is 1. The molecule has 5 rings (SSSR count). The van der Waals surface area contributed by atoms with Crippen LogP contribution in [0.4, 0.5) is 5.82 Å². The fourth-order valence-electron chi connectivity index (χ4n) is 3.38. The number of nitrogens with zero attached hydrogens (tertiary/aromatic N) is 1. The zero-order chi connectivity index (χ0) is 18.9. The Labute approximate surface area is 162 Å². The summed E-state index contributed by atoms with van der Waals surface area (Å²) in [5, 5.41) is 2.88. The first-order valence-electron chi connectivity index (χ1n) is 9.20. The largest absolute Gasteiger partial charge is 0.493 e. The van der Waals surface area contributed by atoms with Crippen molar-refractivity contribution in [2.24, 2.45) is 0 Å². The molecular weight excluding hydrogens is 356 g/mol. The normalized spacial score (nSPS) is 14.1. The number of ether oxygens (including phenoxy) is 3. The molecule has 3 heterocycles. The molecule has 2 aliphatic rings. The number of benzene rings is 2. The number of amides is 1. The van der Waals surface area contributed by atoms with Gasteiger partial charge < -0.3 is 19.5 Å². The van der Waals surface area contributed by atoms with Gasteiger partial charge in [-0.3, -0.25) is 4.79 Å². The second kappa shape index (κ2) is 6.88. The maximum absolute atomic E-state index is 12.6. The average Bonchev–Trinajstić information content (AvgIpc) is 3.21. The van der Waals surface area contributed by atoms with E-state index in [-0.39, 0.29) is 5.91 Å². The van der Waals surface area contributed by atoms with Crippen molar-refractivity contribution < 1.29 is 19.0 Å². The Morgan fingerprint density at radius 1 is 0.857 bits per heavy atom. The second-order valence-corrected chi connectivity index (χ2v) is 6.64. The van der Waals surface area contributed by atoms with Gasteiger partial charge in [0.1, 0.15) is 24.8 Å². The molecule has 1 N–H and O–H groups in total. The van der Waals surface area contributed by atoms with Crippen molar-refractivity contribution in [1.82, 2.24) is 4.98 Å². The van der Waals surface area contributed by atoms with Crippen LogP contribution in [0.1, 0.15) is 15.9 Å². The molecule has 0 saturated carbocycles. The fourth-order valence-corrected chi connectivity index (χ4v) is 3.38. The third-order valence-corrected chi connectivity index (χ3v) is 4.78. The van der Waals surface area contributed by atoms with Gasteiger partial charge in [-0.15, -0.1) is 0 Å². The molecule has 6 heteroatoms. The van der Waals surface area contributed by atoms with Crippen molar-refractivity contribution in [3.63, 3.8) is 0 Å². The molecule has 2 aliphatic heterocycles. The average molecular weight is 374 g/mol. The lowest BCUT2D eigenvalue weighted by atomic mass is 10.1. The lowest BCUT2D eigenvalue weighted by Gasteiger charge is -2.18. The first-order chi connectivity index (χ1) is 13.8. The molecule has 28 heavy (non-hydrogen) atoms. The van der Waals surface area contributed by atoms with Crippen LogP contribution in [0.5, 0.6) is 17.2 Å². The van der Waals surface area contributed by atoms with Crippen molar-refractivity contribution in [2.45, 2.75) is 6.42 Å². The van der Waals surface area contributed by atoms with Crippen LogP contribution in [0.2, 0.25) is 0 Å². The molecule has 3 aromatic rings. The van der Waals surface area contributed by atoms with Gasteiger partial charge in [-0.2, -0.15) is 0 Å². The van der Waals surface area contributed by atoms with Crippen molar-refractivity contribution in [1.29, 1.82) is 0 Å². The van der Waals surface area contributed by atoms with Gasteiger partial charge in [-0.25, -0.2) is 4.98 Å². The highest BCUT2D eigenvalue weighted by molar-refractivity contribution is 6.04. The molecule has 0 fully saturated rings. The SMILES string of the molecule is O=C(Nc1cccc(-c2ccc3c(c2)OCCO3)n1)c1ccc2c(c1)CCO2. The van der Waals surface area contributed by atoms with Crippen molar-refractivity contribution in [3.05, 3.63) is 65.7 Å². The predicted molar refractivity (Wildman–Crippen MR) is 104 cm³/mol. The molecule has 6 nitrogen and oxygen atoms in total. The summed E-state index contributed by atoms with van der Waals surface area (Å²) < 4.78 is 16.7. The first kappa shape index (κ1) is 16.6. The minimum Gasteiger partial charge on any atom is -0.493 e. The Morgan fingerprint density at radius 2 is 1.68 bits per heavy atom. The number of rotatable bonds is 3. The summed E-state index contributed by atoms with van der Waals surface area (Å²) in [4.78, 5) is 17.2. The smallest absolute Gasteiger partial charge is 0.256 e. The van der Waals surface area contributed by atoms with Crippen molar-refractivity contribution >= 4 is 11.7 Å². The van der Waals surface area contributed by atoms with Crippen LogP contribution >= 0.6 is 0 Å². The Bertz CT molecular complexity index is 1060. The van der Waals surface area contributed by atoms with E-state index in [9.17, 15) is 4.79 Å². The van der Waals surface area contributed by atoms with E-state index in [2.05, 4.69) is 10.3 Å². The number of hydrogen-bond acceptors (Lipinski definition) is 5. The maximum atomic E-state index is 12.6. The standard InChI is InChI=1S/C22H18N2O4/c25-22(16-5-6-18-15(12-16)8-9-26-18)24-21-3-1-2-17(23-21)14-4-7-19-20(13-14)28-11-10-27-19/h1-7,12-13H,8-11H2,(H,23,24,25). The number of carbonyl (C=O) groups excluding carboxylic acids is 1. The molecule has 0 spiro atoms. The van der Waals surface area contributed by atoms with E-state index in [0.29, 0.717) is 37.0 Å². The molecular formula is C22H18N2O4. The van der Waals surface area contributed by atoms with E-state index in [1.807, 2.05) is 42.5 Å². The molecule has 1 aromatic heterocycles. The third-order valence-electron chi connectivity index (χ3n) is 4.78. The highest BCUT2D eigenvalue weighted by atomic mass is 16.6. The van der Waals surface area contributed by atoms with Gasteiger partial charge in [0.25, 0.3) is 5.91 Å². The summed E-state index contributed by atoms with van der Waals surface area (Å²) in [6.45, 7) is 1.76. The van der Waals surface area contributed by atoms with E-state index >= 15 is 0 Å². The van der Waals surface area contributed by atoms with Gasteiger partial charge in [0, 0.05) is 17.5 Å². The van der Waals surface area contributed by atoms with E-state index in [0.717, 1.165) is 34.7 Å². The molecule has 0 radical (unpaired) electrons. The van der Waals surface area contributed by atoms with Crippen molar-refractivity contribution in [3.8, 4) is 28.5 Å². The quantitative estimate of drug-likeness (QED) is 0.757. The van der Waals surface area contributed by atoms with Crippen molar-refractivity contribution in [2.75, 3.05) is 25.1 Å². The van der Waals surface area contributed by atoms with E-state index in [1.54, 1.807) is 12.1 Å². The Hall–Kier alpha value is -3.54. The maximum Gasteiger partial charge on any atom is 0.256 e. The van der Waals surface area contributed by atoms with Crippen LogP contribution < -0.4 is 19.5 Å². The zero-order valence-corrected chi connectivity index (χ0v) is 15.1. The summed E-state index contributed by atoms with van der Waals surface area (Å²) in [6, 6.07) is 16.7. The molecule has 0 bridgehead atoms. The highest BCUT2D eigenvalue weighted by Gasteiger charge is 2.16. The van der Waals surface area contributed by atoms with Gasteiger partial charge in [-0.1, -0.05) is 6.07 Å². The molecule has 0 atom stereocenters. The predicted octanol–water partition coefficient (Wildman–Crippen LogP) is 3.71. The van der Waals surface area contributed by atoms with Gasteiger partial charge in [-0.05, 0) is 54.1 Å². The summed E-state index contributed by atoms with van der Waals surface area (Å²) in [7, 11) is 0. The Balaban J connectivity index is 1.38. The minimum absolute atomic E-state index is 0.193. The fraction of sp³-hybridized carbons (Fsp3) is 0.182. The molecule has 0 aliphatic carbocycles. The number of fused-ring (bicyclic) bond motifs is 2. The number of pyridine rings is 1. The third kappa shape index (κ3) is 3.13. The van der Waals surface area contributed by atoms with Gasteiger partial charge in [0.05, 0.1) is 12.3 Å². The van der Waals surface area contributed by atoms with Crippen LogP contribution in [-0.2, 0) is 6.42 Å². The molecule has 0 saturated heterocycles. The number of aromatic nitrogens is 1. The van der Waals surface area contributed by atoms with Gasteiger partial charge in [0.15, 0.2) is 11.5 Å². The van der Waals surface area contributed by atoms with Crippen LogP contribution in [0.3, 0.4) is 0 Å². The molecule has 0 unspecified atom stereocenters. The topological polar surface area (TPSA) is 69.7 Å². The highest BCUT2D eigenvalue weighted by Crippen LogP contribution is 2.34. The Kier molecular flexibility index (Phi) is 4.09. The zero-order valence-electron chi connectivity index (χ0n) is 15.1. The second-order valence-electron chi connectivity index (χ2n) is 6.64. The summed E-state index contributed by atoms with van der Waals surface area (Å²) in [6.07, 6.45) is 0.828. The molecule has 1 amide bonds. The lowest BCUT2D eigenvalue weighted by Crippen LogP contribution is -2.15. The monoisotopic (exact) mass is 374 g/mol. The van der Waals surface area contributed by atoms with Crippen LogP contribution in [0.25, 0.3) is 11.3 Å². The molecule has 140 valence electrons. The van der Waals surface area contributed by atoms with E-state index in [1.165, 1.54) is 0 Å². The summed E-state index contributed by atoms with van der Waals surface area (Å²) in [5.41, 5.74) is 3.30. The minimum atomic E-state index is -0.193. The Morgan fingerprint density at radius 3 is 2.61 bits per heavy atom. The van der Waals surface area contributed by atoms with E-state index < -0.39 is 0 Å². The van der Waals surface area contributed by atoms with Gasteiger partial charge >= 0.3 is 0 Å². The van der Waals surface area contributed by atoms with Crippen LogP contribution in [-0.4, -0.2) is 30.7 Å². The number of anilines is 1. The number of nitrogens with one attached hydrogen (secondary N) is 1. The van der Waals surface area contributed by atoms with Crippen LogP contribution in [0, 0.1) is 0 Å². The van der Waals surface area contributed by atoms with E-state index in [4.69, 9.17) is 14.2 Å².